The summed E-state index contributed by atoms with van der Waals surface area (Å²) in [5, 5.41) is 8.94. The van der Waals surface area contributed by atoms with Gasteiger partial charge in [0.05, 0.1) is 17.4 Å². The molecule has 2 heterocycles. The van der Waals surface area contributed by atoms with Gasteiger partial charge in [0.25, 0.3) is 0 Å². The summed E-state index contributed by atoms with van der Waals surface area (Å²) >= 11 is 0. The molecule has 1 unspecified atom stereocenters. The second kappa shape index (κ2) is 9.41. The molecular formula is C24H28N4O3S. The average Bonchev–Trinajstić information content (AvgIpc) is 2.83. The lowest BCUT2D eigenvalue weighted by molar-refractivity contribution is -0.137. The molecular weight excluding hydrogens is 424 g/mol. The van der Waals surface area contributed by atoms with Crippen molar-refractivity contribution in [3.8, 4) is 6.07 Å². The number of benzene rings is 2. The Morgan fingerprint density at radius 2 is 1.69 bits per heavy atom. The molecule has 0 aromatic heterocycles. The van der Waals surface area contributed by atoms with Gasteiger partial charge in [-0.3, -0.25) is 9.69 Å². The van der Waals surface area contributed by atoms with E-state index >= 15 is 0 Å². The van der Waals surface area contributed by atoms with Crippen LogP contribution in [0.3, 0.4) is 0 Å². The summed E-state index contributed by atoms with van der Waals surface area (Å²) in [5.41, 5.74) is 3.80. The number of hydrogen-bond donors (Lipinski definition) is 0. The van der Waals surface area contributed by atoms with Crippen molar-refractivity contribution in [1.82, 2.24) is 14.1 Å². The zero-order chi connectivity index (χ0) is 22.7. The molecule has 0 aliphatic carbocycles. The second-order valence-corrected chi connectivity index (χ2v) is 10.6. The second-order valence-electron chi connectivity index (χ2n) is 8.34. The molecule has 1 amide bonds. The molecule has 8 heteroatoms. The average molecular weight is 453 g/mol. The van der Waals surface area contributed by atoms with Crippen LogP contribution < -0.4 is 0 Å². The molecule has 1 saturated heterocycles. The van der Waals surface area contributed by atoms with E-state index in [2.05, 4.69) is 11.0 Å². The van der Waals surface area contributed by atoms with Gasteiger partial charge in [-0.15, -0.1) is 0 Å². The van der Waals surface area contributed by atoms with Gasteiger partial charge >= 0.3 is 0 Å². The SMILES string of the molecule is CCS(=O)(=O)N1Cc2ccccc2CC1C(=O)N1CCN(Cc2ccc(C#N)cc2)CC1. The van der Waals surface area contributed by atoms with Crippen LogP contribution in [0.25, 0.3) is 0 Å². The van der Waals surface area contributed by atoms with Gasteiger partial charge in [-0.25, -0.2) is 8.42 Å². The van der Waals surface area contributed by atoms with Gasteiger partial charge < -0.3 is 4.90 Å². The van der Waals surface area contributed by atoms with Crippen LogP contribution in [0.15, 0.2) is 48.5 Å². The Balaban J connectivity index is 1.43. The molecule has 0 radical (unpaired) electrons. The maximum absolute atomic E-state index is 13.4. The van der Waals surface area contributed by atoms with Crippen LogP contribution in [-0.2, 0) is 34.3 Å². The number of nitrogens with zero attached hydrogens (tertiary/aromatic N) is 4. The Morgan fingerprint density at radius 3 is 2.31 bits per heavy atom. The highest BCUT2D eigenvalue weighted by molar-refractivity contribution is 7.89. The first-order chi connectivity index (χ1) is 15.4. The standard InChI is InChI=1S/C24H28N4O3S/c1-2-32(30,31)28-18-22-6-4-3-5-21(22)15-23(28)24(29)27-13-11-26(12-14-27)17-20-9-7-19(16-25)8-10-20/h3-10,23H,2,11-15,17-18H2,1H3. The minimum atomic E-state index is -3.50. The molecule has 168 valence electrons. The molecule has 0 saturated carbocycles. The van der Waals surface area contributed by atoms with E-state index in [9.17, 15) is 13.2 Å². The highest BCUT2D eigenvalue weighted by Crippen LogP contribution is 2.27. The number of hydrogen-bond acceptors (Lipinski definition) is 5. The minimum Gasteiger partial charge on any atom is -0.339 e. The van der Waals surface area contributed by atoms with Gasteiger partial charge in [-0.2, -0.15) is 9.57 Å². The third-order valence-corrected chi connectivity index (χ3v) is 8.21. The van der Waals surface area contributed by atoms with E-state index in [-0.39, 0.29) is 18.2 Å². The van der Waals surface area contributed by atoms with Gasteiger partial charge in [-0.05, 0) is 42.2 Å². The maximum atomic E-state index is 13.4. The fourth-order valence-electron chi connectivity index (χ4n) is 4.45. The van der Waals surface area contributed by atoms with E-state index < -0.39 is 16.1 Å². The Hall–Kier alpha value is -2.73. The summed E-state index contributed by atoms with van der Waals surface area (Å²) < 4.78 is 27.0. The first kappa shape index (κ1) is 22.5. The largest absolute Gasteiger partial charge is 0.339 e. The van der Waals surface area contributed by atoms with Crippen molar-refractivity contribution in [3.05, 3.63) is 70.8 Å². The molecule has 0 N–H and O–H groups in total. The van der Waals surface area contributed by atoms with Crippen molar-refractivity contribution in [2.24, 2.45) is 0 Å². The number of rotatable bonds is 5. The van der Waals surface area contributed by atoms with Crippen molar-refractivity contribution in [1.29, 1.82) is 5.26 Å². The lowest BCUT2D eigenvalue weighted by Crippen LogP contribution is -2.57. The molecule has 0 spiro atoms. The smallest absolute Gasteiger partial charge is 0.241 e. The minimum absolute atomic E-state index is 0.0166. The molecule has 2 aromatic carbocycles. The molecule has 2 aliphatic rings. The Labute approximate surface area is 189 Å². The summed E-state index contributed by atoms with van der Waals surface area (Å²) in [5.74, 6) is -0.119. The van der Waals surface area contributed by atoms with Gasteiger partial charge in [0, 0.05) is 39.3 Å². The number of piperazine rings is 1. The third kappa shape index (κ3) is 4.70. The van der Waals surface area contributed by atoms with E-state index in [4.69, 9.17) is 5.26 Å². The number of amides is 1. The number of nitriles is 1. The van der Waals surface area contributed by atoms with Crippen LogP contribution in [0.5, 0.6) is 0 Å². The molecule has 1 atom stereocenters. The molecule has 7 nitrogen and oxygen atoms in total. The fourth-order valence-corrected chi connectivity index (χ4v) is 5.67. The van der Waals surface area contributed by atoms with Crippen LogP contribution in [0.1, 0.15) is 29.2 Å². The van der Waals surface area contributed by atoms with Crippen molar-refractivity contribution in [2.45, 2.75) is 32.5 Å². The third-order valence-electron chi connectivity index (χ3n) is 6.39. The normalized spacial score (nSPS) is 19.9. The highest BCUT2D eigenvalue weighted by Gasteiger charge is 2.40. The Morgan fingerprint density at radius 1 is 1.03 bits per heavy atom. The molecule has 0 bridgehead atoms. The van der Waals surface area contributed by atoms with Crippen molar-refractivity contribution in [2.75, 3.05) is 31.9 Å². The fraction of sp³-hybridized carbons (Fsp3) is 0.417. The Bertz CT molecular complexity index is 1120. The van der Waals surface area contributed by atoms with E-state index in [1.54, 1.807) is 6.92 Å². The summed E-state index contributed by atoms with van der Waals surface area (Å²) in [4.78, 5) is 17.5. The van der Waals surface area contributed by atoms with E-state index in [1.807, 2.05) is 53.4 Å². The summed E-state index contributed by atoms with van der Waals surface area (Å²) in [6.07, 6.45) is 0.416. The van der Waals surface area contributed by atoms with Gasteiger partial charge in [0.1, 0.15) is 6.04 Å². The van der Waals surface area contributed by atoms with Gasteiger partial charge in [-0.1, -0.05) is 36.4 Å². The first-order valence-corrected chi connectivity index (χ1v) is 12.6. The summed E-state index contributed by atoms with van der Waals surface area (Å²) in [6.45, 7) is 5.26. The van der Waals surface area contributed by atoms with Gasteiger partial charge in [0.2, 0.25) is 15.9 Å². The monoisotopic (exact) mass is 452 g/mol. The number of carbonyl (C=O) groups is 1. The van der Waals surface area contributed by atoms with Crippen LogP contribution in [0, 0.1) is 11.3 Å². The highest BCUT2D eigenvalue weighted by atomic mass is 32.2. The van der Waals surface area contributed by atoms with Crippen molar-refractivity contribution >= 4 is 15.9 Å². The summed E-state index contributed by atoms with van der Waals surface area (Å²) in [6, 6.07) is 16.8. The van der Waals surface area contributed by atoms with Crippen molar-refractivity contribution in [3.63, 3.8) is 0 Å². The molecule has 1 fully saturated rings. The van der Waals surface area contributed by atoms with Crippen LogP contribution in [0.4, 0.5) is 0 Å². The topological polar surface area (TPSA) is 84.7 Å². The molecule has 2 aromatic rings. The number of fused-ring (bicyclic) bond motifs is 1. The quantitative estimate of drug-likeness (QED) is 0.693. The first-order valence-electron chi connectivity index (χ1n) is 11.0. The van der Waals surface area contributed by atoms with E-state index in [1.165, 1.54) is 4.31 Å². The van der Waals surface area contributed by atoms with Crippen LogP contribution in [-0.4, -0.2) is 66.4 Å². The lowest BCUT2D eigenvalue weighted by atomic mass is 9.95. The summed E-state index contributed by atoms with van der Waals surface area (Å²) in [7, 11) is -3.50. The number of sulfonamides is 1. The van der Waals surface area contributed by atoms with E-state index in [0.717, 1.165) is 36.3 Å². The predicted molar refractivity (Wildman–Crippen MR) is 122 cm³/mol. The zero-order valence-corrected chi connectivity index (χ0v) is 19.1. The lowest BCUT2D eigenvalue weighted by Gasteiger charge is -2.40. The Kier molecular flexibility index (Phi) is 6.60. The molecule has 4 rings (SSSR count). The van der Waals surface area contributed by atoms with Crippen LogP contribution >= 0.6 is 0 Å². The number of carbonyl (C=O) groups excluding carboxylic acids is 1. The maximum Gasteiger partial charge on any atom is 0.241 e. The van der Waals surface area contributed by atoms with Crippen LogP contribution in [0.2, 0.25) is 0 Å². The van der Waals surface area contributed by atoms with Crippen molar-refractivity contribution < 1.29 is 13.2 Å². The molecule has 2 aliphatic heterocycles. The predicted octanol–water partition coefficient (Wildman–Crippen LogP) is 1.98. The molecule has 32 heavy (non-hydrogen) atoms. The zero-order valence-electron chi connectivity index (χ0n) is 18.3. The van der Waals surface area contributed by atoms with Gasteiger partial charge in [0.15, 0.2) is 0 Å². The van der Waals surface area contributed by atoms with E-state index in [0.29, 0.717) is 25.1 Å².